The summed E-state index contributed by atoms with van der Waals surface area (Å²) in [4.78, 5) is 14.2. The molecule has 0 saturated heterocycles. The number of fused-ring (bicyclic) bond motifs is 2. The maximum absolute atomic E-state index is 12.4. The summed E-state index contributed by atoms with van der Waals surface area (Å²) in [6.45, 7) is 0. The van der Waals surface area contributed by atoms with E-state index in [1.165, 1.54) is 12.5 Å². The van der Waals surface area contributed by atoms with Crippen molar-refractivity contribution in [1.29, 1.82) is 0 Å². The van der Waals surface area contributed by atoms with Gasteiger partial charge in [-0.1, -0.05) is 66.7 Å². The van der Waals surface area contributed by atoms with E-state index in [-0.39, 0.29) is 12.1 Å². The molecule has 118 valence electrons. The van der Waals surface area contributed by atoms with E-state index >= 15 is 0 Å². The molecular formula is C21H17NO2. The Morgan fingerprint density at radius 1 is 0.958 bits per heavy atom. The van der Waals surface area contributed by atoms with Crippen LogP contribution in [0, 0.1) is 0 Å². The maximum atomic E-state index is 12.4. The summed E-state index contributed by atoms with van der Waals surface area (Å²) in [6, 6.07) is 22.2. The summed E-state index contributed by atoms with van der Waals surface area (Å²) in [5.74, 6) is 0. The Kier molecular flexibility index (Phi) is 3.54. The number of hydrogen-bond donors (Lipinski definition) is 0. The highest BCUT2D eigenvalue weighted by atomic mass is 16.5. The molecule has 0 unspecified atom stereocenters. The van der Waals surface area contributed by atoms with Gasteiger partial charge in [0.25, 0.3) is 0 Å². The number of amides is 1. The first-order valence-corrected chi connectivity index (χ1v) is 7.91. The quantitative estimate of drug-likeness (QED) is 0.619. The van der Waals surface area contributed by atoms with Crippen LogP contribution in [0.1, 0.15) is 17.2 Å². The van der Waals surface area contributed by atoms with E-state index < -0.39 is 0 Å². The number of rotatable bonds is 1. The Morgan fingerprint density at radius 2 is 1.71 bits per heavy atom. The van der Waals surface area contributed by atoms with Gasteiger partial charge in [0.05, 0.1) is 18.8 Å². The number of methoxy groups -OCH3 is 1. The van der Waals surface area contributed by atoms with Crippen LogP contribution in [0.2, 0.25) is 0 Å². The average molecular weight is 315 g/mol. The van der Waals surface area contributed by atoms with Crippen molar-refractivity contribution >= 4 is 28.6 Å². The van der Waals surface area contributed by atoms with Crippen molar-refractivity contribution in [3.8, 4) is 0 Å². The van der Waals surface area contributed by atoms with E-state index in [4.69, 9.17) is 4.74 Å². The standard InChI is InChI=1S/C21H17NO2/c1-24-21(23)22-19-9-5-4-7-16(19)12-13-20(22)18-11-10-15-6-2-3-8-17(15)14-18/h2-14,20H,1H3/t20-/m1/s1. The molecule has 3 aromatic carbocycles. The van der Waals surface area contributed by atoms with Gasteiger partial charge in [-0.05, 0) is 34.0 Å². The van der Waals surface area contributed by atoms with Gasteiger partial charge in [-0.3, -0.25) is 4.90 Å². The molecule has 3 heteroatoms. The van der Waals surface area contributed by atoms with Crippen molar-refractivity contribution in [3.63, 3.8) is 0 Å². The Balaban J connectivity index is 1.84. The van der Waals surface area contributed by atoms with Crippen LogP contribution in [0.25, 0.3) is 16.8 Å². The Bertz CT molecular complexity index is 945. The van der Waals surface area contributed by atoms with Crippen molar-refractivity contribution < 1.29 is 9.53 Å². The molecule has 0 aliphatic carbocycles. The molecule has 1 aliphatic heterocycles. The summed E-state index contributed by atoms with van der Waals surface area (Å²) in [7, 11) is 1.42. The predicted octanol–water partition coefficient (Wildman–Crippen LogP) is 5.18. The predicted molar refractivity (Wildman–Crippen MR) is 97.0 cm³/mol. The molecule has 3 aromatic rings. The third-order valence-electron chi connectivity index (χ3n) is 4.42. The van der Waals surface area contributed by atoms with Crippen molar-refractivity contribution in [2.45, 2.75) is 6.04 Å². The zero-order valence-corrected chi connectivity index (χ0v) is 13.3. The molecule has 0 spiro atoms. The fourth-order valence-electron chi connectivity index (χ4n) is 3.24. The third kappa shape index (κ3) is 2.35. The van der Waals surface area contributed by atoms with E-state index in [2.05, 4.69) is 36.4 Å². The molecule has 0 aromatic heterocycles. The van der Waals surface area contributed by atoms with Crippen LogP contribution < -0.4 is 4.90 Å². The molecule has 1 amide bonds. The van der Waals surface area contributed by atoms with Crippen molar-refractivity contribution in [2.75, 3.05) is 12.0 Å². The highest BCUT2D eigenvalue weighted by molar-refractivity contribution is 5.94. The first-order valence-electron chi connectivity index (χ1n) is 7.91. The van der Waals surface area contributed by atoms with E-state index in [0.717, 1.165) is 22.2 Å². The third-order valence-corrected chi connectivity index (χ3v) is 4.42. The first-order chi connectivity index (χ1) is 11.8. The summed E-state index contributed by atoms with van der Waals surface area (Å²) >= 11 is 0. The topological polar surface area (TPSA) is 29.5 Å². The molecule has 4 rings (SSSR count). The van der Waals surface area contributed by atoms with Crippen LogP contribution in [-0.4, -0.2) is 13.2 Å². The van der Waals surface area contributed by atoms with E-state index in [0.29, 0.717) is 0 Å². The molecule has 0 N–H and O–H groups in total. The number of nitrogens with zero attached hydrogens (tertiary/aromatic N) is 1. The number of anilines is 1. The summed E-state index contributed by atoms with van der Waals surface area (Å²) in [5.41, 5.74) is 2.94. The summed E-state index contributed by atoms with van der Waals surface area (Å²) in [6.07, 6.45) is 3.75. The highest BCUT2D eigenvalue weighted by Gasteiger charge is 2.29. The lowest BCUT2D eigenvalue weighted by atomic mass is 9.96. The zero-order chi connectivity index (χ0) is 16.5. The molecular weight excluding hydrogens is 298 g/mol. The maximum Gasteiger partial charge on any atom is 0.414 e. The molecule has 24 heavy (non-hydrogen) atoms. The molecule has 0 fully saturated rings. The van der Waals surface area contributed by atoms with Crippen molar-refractivity contribution in [1.82, 2.24) is 0 Å². The number of carbonyl (C=O) groups is 1. The Hall–Kier alpha value is -3.07. The zero-order valence-electron chi connectivity index (χ0n) is 13.3. The Morgan fingerprint density at radius 3 is 2.54 bits per heavy atom. The second kappa shape index (κ2) is 5.85. The molecule has 0 saturated carbocycles. The minimum Gasteiger partial charge on any atom is -0.452 e. The van der Waals surface area contributed by atoms with E-state index in [1.54, 1.807) is 4.90 Å². The number of benzene rings is 3. The van der Waals surface area contributed by atoms with Gasteiger partial charge < -0.3 is 4.74 Å². The van der Waals surface area contributed by atoms with Gasteiger partial charge in [0.15, 0.2) is 0 Å². The molecule has 1 atom stereocenters. The lowest BCUT2D eigenvalue weighted by Crippen LogP contribution is -2.35. The van der Waals surface area contributed by atoms with Crippen LogP contribution in [0.5, 0.6) is 0 Å². The second-order valence-corrected chi connectivity index (χ2v) is 5.81. The SMILES string of the molecule is COC(=O)N1c2ccccc2C=C[C@@H]1c1ccc2ccccc2c1. The summed E-state index contributed by atoms with van der Waals surface area (Å²) < 4.78 is 5.04. The number of carbonyl (C=O) groups excluding carboxylic acids is 1. The van der Waals surface area contributed by atoms with Gasteiger partial charge >= 0.3 is 6.09 Å². The smallest absolute Gasteiger partial charge is 0.414 e. The van der Waals surface area contributed by atoms with Crippen LogP contribution >= 0.6 is 0 Å². The van der Waals surface area contributed by atoms with Gasteiger partial charge in [-0.2, -0.15) is 0 Å². The second-order valence-electron chi connectivity index (χ2n) is 5.81. The molecule has 0 radical (unpaired) electrons. The normalized spacial score (nSPS) is 16.0. The van der Waals surface area contributed by atoms with Gasteiger partial charge in [-0.25, -0.2) is 4.79 Å². The monoisotopic (exact) mass is 315 g/mol. The van der Waals surface area contributed by atoms with Crippen LogP contribution in [0.4, 0.5) is 10.5 Å². The first kappa shape index (κ1) is 14.5. The van der Waals surface area contributed by atoms with E-state index in [1.807, 2.05) is 42.5 Å². The lowest BCUT2D eigenvalue weighted by molar-refractivity contribution is 0.177. The molecule has 1 heterocycles. The molecule has 0 bridgehead atoms. The van der Waals surface area contributed by atoms with Crippen LogP contribution in [-0.2, 0) is 4.74 Å². The Labute approximate surface area is 140 Å². The minimum absolute atomic E-state index is 0.183. The fraction of sp³-hybridized carbons (Fsp3) is 0.0952. The van der Waals surface area contributed by atoms with E-state index in [9.17, 15) is 4.79 Å². The van der Waals surface area contributed by atoms with Gasteiger partial charge in [0.2, 0.25) is 0 Å². The highest BCUT2D eigenvalue weighted by Crippen LogP contribution is 2.37. The number of para-hydroxylation sites is 1. The number of hydrogen-bond acceptors (Lipinski definition) is 2. The average Bonchev–Trinajstić information content (AvgIpc) is 2.66. The fourth-order valence-corrected chi connectivity index (χ4v) is 3.24. The van der Waals surface area contributed by atoms with Crippen molar-refractivity contribution in [2.24, 2.45) is 0 Å². The molecule has 3 nitrogen and oxygen atoms in total. The lowest BCUT2D eigenvalue weighted by Gasteiger charge is -2.33. The largest absolute Gasteiger partial charge is 0.452 e. The minimum atomic E-state index is -0.357. The van der Waals surface area contributed by atoms with Crippen molar-refractivity contribution in [3.05, 3.63) is 83.9 Å². The van der Waals surface area contributed by atoms with Gasteiger partial charge in [0, 0.05) is 0 Å². The van der Waals surface area contributed by atoms with Crippen LogP contribution in [0.15, 0.2) is 72.8 Å². The summed E-state index contributed by atoms with van der Waals surface area (Å²) in [5, 5.41) is 2.35. The van der Waals surface area contributed by atoms with Crippen LogP contribution in [0.3, 0.4) is 0 Å². The number of ether oxygens (including phenoxy) is 1. The molecule has 1 aliphatic rings. The van der Waals surface area contributed by atoms with Gasteiger partial charge in [-0.15, -0.1) is 0 Å². The van der Waals surface area contributed by atoms with Gasteiger partial charge in [0.1, 0.15) is 0 Å².